The minimum Gasteiger partial charge on any atom is -0.235 e. The van der Waals surface area contributed by atoms with Crippen LogP contribution in [0.2, 0.25) is 0 Å². The van der Waals surface area contributed by atoms with Crippen molar-refractivity contribution in [1.82, 2.24) is 4.98 Å². The van der Waals surface area contributed by atoms with E-state index in [0.717, 1.165) is 17.5 Å². The maximum absolute atomic E-state index is 12.9. The first-order valence-electron chi connectivity index (χ1n) is 8.85. The molecule has 1 aromatic heterocycles. The standard InChI is InChI=1S/C22H20N2O2S/c1-2-3-14-27(25,26)22-20(16-23)19(17-10-6-4-7-11-17)15-21(24-22)18-12-8-5-9-13-18/h4-13,15H,2-3,14H2,1H3. The van der Waals surface area contributed by atoms with Crippen LogP contribution < -0.4 is 0 Å². The topological polar surface area (TPSA) is 70.8 Å². The van der Waals surface area contributed by atoms with Gasteiger partial charge in [-0.1, -0.05) is 74.0 Å². The van der Waals surface area contributed by atoms with Gasteiger partial charge in [-0.25, -0.2) is 13.4 Å². The summed E-state index contributed by atoms with van der Waals surface area (Å²) in [6, 6.07) is 22.6. The van der Waals surface area contributed by atoms with E-state index < -0.39 is 9.84 Å². The third-order valence-electron chi connectivity index (χ3n) is 4.31. The zero-order valence-corrected chi connectivity index (χ0v) is 15.9. The first-order valence-corrected chi connectivity index (χ1v) is 10.5. The molecule has 5 heteroatoms. The van der Waals surface area contributed by atoms with Crippen molar-refractivity contribution in [3.8, 4) is 28.5 Å². The molecule has 136 valence electrons. The van der Waals surface area contributed by atoms with Crippen molar-refractivity contribution < 1.29 is 8.42 Å². The van der Waals surface area contributed by atoms with E-state index in [1.165, 1.54) is 0 Å². The number of benzene rings is 2. The number of nitrogens with zero attached hydrogens (tertiary/aromatic N) is 2. The van der Waals surface area contributed by atoms with E-state index in [0.29, 0.717) is 17.7 Å². The van der Waals surface area contributed by atoms with Gasteiger partial charge in [0.25, 0.3) is 0 Å². The number of sulfone groups is 1. The van der Waals surface area contributed by atoms with Gasteiger partial charge in [-0.15, -0.1) is 0 Å². The van der Waals surface area contributed by atoms with E-state index >= 15 is 0 Å². The Morgan fingerprint density at radius 2 is 1.56 bits per heavy atom. The number of pyridine rings is 1. The van der Waals surface area contributed by atoms with Crippen molar-refractivity contribution in [2.24, 2.45) is 0 Å². The summed E-state index contributed by atoms with van der Waals surface area (Å²) in [5, 5.41) is 9.63. The van der Waals surface area contributed by atoms with Gasteiger partial charge >= 0.3 is 0 Å². The molecule has 27 heavy (non-hydrogen) atoms. The van der Waals surface area contributed by atoms with Gasteiger partial charge in [0.1, 0.15) is 6.07 Å². The summed E-state index contributed by atoms with van der Waals surface area (Å²) in [7, 11) is -3.66. The van der Waals surface area contributed by atoms with Crippen LogP contribution in [0.15, 0.2) is 71.8 Å². The Labute approximate surface area is 160 Å². The first-order chi connectivity index (χ1) is 13.1. The maximum atomic E-state index is 12.9. The van der Waals surface area contributed by atoms with Gasteiger partial charge in [-0.2, -0.15) is 5.26 Å². The van der Waals surface area contributed by atoms with Crippen LogP contribution in [0, 0.1) is 11.3 Å². The van der Waals surface area contributed by atoms with Gasteiger partial charge in [-0.3, -0.25) is 0 Å². The molecule has 1 heterocycles. The summed E-state index contributed by atoms with van der Waals surface area (Å²) in [5.41, 5.74) is 2.84. The molecule has 0 aliphatic rings. The lowest BCUT2D eigenvalue weighted by atomic mass is 9.99. The molecule has 3 rings (SSSR count). The Kier molecular flexibility index (Phi) is 5.68. The van der Waals surface area contributed by atoms with Gasteiger partial charge < -0.3 is 0 Å². The smallest absolute Gasteiger partial charge is 0.196 e. The predicted molar refractivity (Wildman–Crippen MR) is 107 cm³/mol. The molecule has 0 saturated heterocycles. The van der Waals surface area contributed by atoms with Crippen molar-refractivity contribution in [2.45, 2.75) is 24.8 Å². The summed E-state index contributed by atoms with van der Waals surface area (Å²) in [4.78, 5) is 4.41. The quantitative estimate of drug-likeness (QED) is 0.616. The molecule has 4 nitrogen and oxygen atoms in total. The Hall–Kier alpha value is -2.97. The highest BCUT2D eigenvalue weighted by molar-refractivity contribution is 7.91. The normalized spacial score (nSPS) is 11.1. The minimum atomic E-state index is -3.66. The summed E-state index contributed by atoms with van der Waals surface area (Å²) < 4.78 is 25.8. The molecule has 0 aliphatic carbocycles. The molecule has 0 spiro atoms. The molecule has 0 saturated carbocycles. The molecule has 0 radical (unpaired) electrons. The molecule has 3 aromatic rings. The average Bonchev–Trinajstić information content (AvgIpc) is 2.72. The number of rotatable bonds is 6. The Morgan fingerprint density at radius 1 is 0.963 bits per heavy atom. The lowest BCUT2D eigenvalue weighted by Gasteiger charge is -2.13. The van der Waals surface area contributed by atoms with Crippen LogP contribution in [0.4, 0.5) is 0 Å². The van der Waals surface area contributed by atoms with Gasteiger partial charge in [0, 0.05) is 11.1 Å². The lowest BCUT2D eigenvalue weighted by molar-refractivity contribution is 0.589. The van der Waals surface area contributed by atoms with Crippen LogP contribution in [0.1, 0.15) is 25.3 Å². The third kappa shape index (κ3) is 4.07. The van der Waals surface area contributed by atoms with Crippen molar-refractivity contribution in [3.63, 3.8) is 0 Å². The fraction of sp³-hybridized carbons (Fsp3) is 0.182. The number of nitriles is 1. The molecule has 0 unspecified atom stereocenters. The van der Waals surface area contributed by atoms with Gasteiger partial charge in [0.05, 0.1) is 17.0 Å². The van der Waals surface area contributed by atoms with E-state index in [-0.39, 0.29) is 16.3 Å². The highest BCUT2D eigenvalue weighted by atomic mass is 32.2. The first kappa shape index (κ1) is 18.8. The Morgan fingerprint density at radius 3 is 2.11 bits per heavy atom. The monoisotopic (exact) mass is 376 g/mol. The molecule has 0 N–H and O–H groups in total. The zero-order chi connectivity index (χ0) is 19.3. The molecule has 0 aliphatic heterocycles. The summed E-state index contributed by atoms with van der Waals surface area (Å²) >= 11 is 0. The second-order valence-corrected chi connectivity index (χ2v) is 8.28. The number of unbranched alkanes of at least 4 members (excludes halogenated alkanes) is 1. The van der Waals surface area contributed by atoms with Gasteiger partial charge in [0.15, 0.2) is 14.9 Å². The van der Waals surface area contributed by atoms with Crippen LogP contribution in [-0.2, 0) is 9.84 Å². The van der Waals surface area contributed by atoms with E-state index in [2.05, 4.69) is 11.1 Å². The van der Waals surface area contributed by atoms with Crippen LogP contribution in [0.3, 0.4) is 0 Å². The highest BCUT2D eigenvalue weighted by Crippen LogP contribution is 2.32. The van der Waals surface area contributed by atoms with Crippen LogP contribution >= 0.6 is 0 Å². The van der Waals surface area contributed by atoms with Crippen LogP contribution in [-0.4, -0.2) is 19.2 Å². The number of hydrogen-bond acceptors (Lipinski definition) is 4. The summed E-state index contributed by atoms with van der Waals surface area (Å²) in [5.74, 6) is -0.0162. The third-order valence-corrected chi connectivity index (χ3v) is 6.02. The van der Waals surface area contributed by atoms with E-state index in [1.54, 1.807) is 6.07 Å². The molecule has 0 fully saturated rings. The van der Waals surface area contributed by atoms with Crippen molar-refractivity contribution in [3.05, 3.63) is 72.3 Å². The molecule has 2 aromatic carbocycles. The Bertz CT molecular complexity index is 1070. The van der Waals surface area contributed by atoms with Crippen molar-refractivity contribution in [2.75, 3.05) is 5.75 Å². The number of hydrogen-bond donors (Lipinski definition) is 0. The van der Waals surface area contributed by atoms with Crippen molar-refractivity contribution in [1.29, 1.82) is 5.26 Å². The molecule has 0 amide bonds. The molecular formula is C22H20N2O2S. The minimum absolute atomic E-state index is 0.0162. The molecular weight excluding hydrogens is 356 g/mol. The zero-order valence-electron chi connectivity index (χ0n) is 15.1. The SMILES string of the molecule is CCCCS(=O)(=O)c1nc(-c2ccccc2)cc(-c2ccccc2)c1C#N. The second kappa shape index (κ2) is 8.15. The van der Waals surface area contributed by atoms with E-state index in [9.17, 15) is 13.7 Å². The van der Waals surface area contributed by atoms with Crippen LogP contribution in [0.25, 0.3) is 22.4 Å². The van der Waals surface area contributed by atoms with Crippen LogP contribution in [0.5, 0.6) is 0 Å². The van der Waals surface area contributed by atoms with E-state index in [4.69, 9.17) is 0 Å². The van der Waals surface area contributed by atoms with Crippen molar-refractivity contribution >= 4 is 9.84 Å². The lowest BCUT2D eigenvalue weighted by Crippen LogP contribution is -2.12. The Balaban J connectivity index is 2.30. The average molecular weight is 376 g/mol. The fourth-order valence-corrected chi connectivity index (χ4v) is 4.45. The van der Waals surface area contributed by atoms with Gasteiger partial charge in [0.2, 0.25) is 0 Å². The summed E-state index contributed by atoms with van der Waals surface area (Å²) in [6.07, 6.45) is 1.29. The highest BCUT2D eigenvalue weighted by Gasteiger charge is 2.25. The second-order valence-electron chi connectivity index (χ2n) is 6.25. The number of aromatic nitrogens is 1. The molecule has 0 atom stereocenters. The molecule has 0 bridgehead atoms. The fourth-order valence-electron chi connectivity index (χ4n) is 2.89. The van der Waals surface area contributed by atoms with Gasteiger partial charge in [-0.05, 0) is 18.1 Å². The predicted octanol–water partition coefficient (Wildman–Crippen LogP) is 4.86. The maximum Gasteiger partial charge on any atom is 0.196 e. The van der Waals surface area contributed by atoms with E-state index in [1.807, 2.05) is 67.6 Å². The summed E-state index contributed by atoms with van der Waals surface area (Å²) in [6.45, 7) is 1.93. The largest absolute Gasteiger partial charge is 0.235 e.